The van der Waals surface area contributed by atoms with E-state index in [-0.39, 0.29) is 29.3 Å². The van der Waals surface area contributed by atoms with E-state index in [0.717, 1.165) is 11.3 Å². The molecule has 1 unspecified atom stereocenters. The highest BCUT2D eigenvalue weighted by molar-refractivity contribution is 7.11. The lowest BCUT2D eigenvalue weighted by molar-refractivity contribution is -0.136. The van der Waals surface area contributed by atoms with Crippen molar-refractivity contribution in [3.8, 4) is 11.5 Å². The third kappa shape index (κ3) is 6.75. The van der Waals surface area contributed by atoms with E-state index >= 15 is 0 Å². The third-order valence-corrected chi connectivity index (χ3v) is 9.84. The minimum absolute atomic E-state index is 0.0335. The second-order valence-corrected chi connectivity index (χ2v) is 13.1. The van der Waals surface area contributed by atoms with Crippen LogP contribution in [-0.2, 0) is 16.1 Å². The van der Waals surface area contributed by atoms with Crippen molar-refractivity contribution in [1.82, 2.24) is 20.1 Å². The molecule has 3 aliphatic heterocycles. The Balaban J connectivity index is 1.09. The number of hydrogen-bond donors (Lipinski definition) is 2. The van der Waals surface area contributed by atoms with Crippen LogP contribution in [0.3, 0.4) is 0 Å². The number of urea groups is 1. The number of aromatic nitrogens is 1. The fraction of sp³-hybridized carbons (Fsp3) is 0.257. The van der Waals surface area contributed by atoms with E-state index in [4.69, 9.17) is 26.1 Å². The maximum atomic E-state index is 14.0. The van der Waals surface area contributed by atoms with Crippen LogP contribution in [0.1, 0.15) is 22.2 Å². The topological polar surface area (TPSA) is 120 Å². The standard InChI is InChI=1S/C35H32ClFN6O5S/c1-47-34(45)30-29(39-32(33-38-12-15-49-33)40-31(30)27-11-4-22(37)16-28(27)36)19-41-13-14-42-24(17-41)18-43(35(42)46)23-5-9-26(10-6-23)48-25-7-2-21(20-44)3-8-25/h2-12,15-16,24,31,44H,13-14,17-20H2,1H3,(H,39,40)/t24?,31-/m0/s1. The normalized spacial score (nSPS) is 19.4. The van der Waals surface area contributed by atoms with Crippen molar-refractivity contribution in [2.75, 3.05) is 44.7 Å². The largest absolute Gasteiger partial charge is 0.466 e. The van der Waals surface area contributed by atoms with Crippen LogP contribution in [-0.4, -0.2) is 83.6 Å². The van der Waals surface area contributed by atoms with E-state index in [1.807, 2.05) is 34.5 Å². The first-order valence-corrected chi connectivity index (χ1v) is 16.9. The molecule has 0 radical (unpaired) electrons. The molecule has 2 N–H and O–H groups in total. The summed E-state index contributed by atoms with van der Waals surface area (Å²) in [6.45, 7) is 2.45. The van der Waals surface area contributed by atoms with Gasteiger partial charge in [0.1, 0.15) is 23.4 Å². The van der Waals surface area contributed by atoms with Crippen molar-refractivity contribution in [1.29, 1.82) is 0 Å². The van der Waals surface area contributed by atoms with E-state index in [0.29, 0.717) is 66.3 Å². The SMILES string of the molecule is COC(=O)C1=C(CN2CCN3C(=O)N(c4ccc(Oc5ccc(CO)cc5)cc4)CC3C2)NC(c2nccs2)=N[C@H]1c1ccc(F)cc1Cl. The molecule has 3 aliphatic rings. The van der Waals surface area contributed by atoms with Crippen molar-refractivity contribution < 1.29 is 28.6 Å². The van der Waals surface area contributed by atoms with Crippen LogP contribution in [0.4, 0.5) is 14.9 Å². The molecule has 1 aromatic heterocycles. The zero-order valence-corrected chi connectivity index (χ0v) is 28.0. The Kier molecular flexibility index (Phi) is 9.32. The number of benzene rings is 3. The van der Waals surface area contributed by atoms with Crippen LogP contribution in [0.5, 0.6) is 11.5 Å². The highest BCUT2D eigenvalue weighted by Crippen LogP contribution is 2.37. The van der Waals surface area contributed by atoms with Gasteiger partial charge in [-0.2, -0.15) is 0 Å². The van der Waals surface area contributed by atoms with Gasteiger partial charge in [-0.05, 0) is 54.1 Å². The Hall–Kier alpha value is -4.82. The van der Waals surface area contributed by atoms with Gasteiger partial charge in [-0.1, -0.05) is 29.8 Å². The second kappa shape index (κ2) is 14.0. The molecule has 4 aromatic rings. The average molecular weight is 703 g/mol. The molecule has 2 saturated heterocycles. The Morgan fingerprint density at radius 3 is 2.51 bits per heavy atom. The molecule has 3 aromatic carbocycles. The number of nitrogens with one attached hydrogen (secondary N) is 1. The lowest BCUT2D eigenvalue weighted by atomic mass is 9.95. The molecule has 0 spiro atoms. The summed E-state index contributed by atoms with van der Waals surface area (Å²) < 4.78 is 25.2. The molecular formula is C35H32ClFN6O5S. The average Bonchev–Trinajstić information content (AvgIpc) is 3.77. The molecule has 4 heterocycles. The zero-order chi connectivity index (χ0) is 34.1. The third-order valence-electron chi connectivity index (χ3n) is 8.73. The van der Waals surface area contributed by atoms with Crippen LogP contribution in [0, 0.1) is 5.82 Å². The smallest absolute Gasteiger partial charge is 0.338 e. The quantitative estimate of drug-likeness (QED) is 0.224. The Morgan fingerprint density at radius 2 is 1.84 bits per heavy atom. The van der Waals surface area contributed by atoms with Crippen molar-refractivity contribution in [3.05, 3.63) is 117 Å². The monoisotopic (exact) mass is 702 g/mol. The number of carbonyl (C=O) groups excluding carboxylic acids is 2. The number of ether oxygens (including phenoxy) is 2. The number of aliphatic imine (C=N–C) groups is 1. The molecule has 0 aliphatic carbocycles. The van der Waals surface area contributed by atoms with E-state index in [2.05, 4.69) is 15.2 Å². The number of anilines is 1. The number of amidine groups is 1. The number of rotatable bonds is 9. The van der Waals surface area contributed by atoms with Gasteiger partial charge >= 0.3 is 12.0 Å². The van der Waals surface area contributed by atoms with Crippen LogP contribution in [0.25, 0.3) is 0 Å². The fourth-order valence-corrected chi connectivity index (χ4v) is 7.17. The van der Waals surface area contributed by atoms with Gasteiger partial charge in [-0.15, -0.1) is 11.3 Å². The summed E-state index contributed by atoms with van der Waals surface area (Å²) in [5, 5.41) is 15.2. The molecule has 14 heteroatoms. The molecular weight excluding hydrogens is 671 g/mol. The molecule has 2 fully saturated rings. The number of esters is 1. The number of fused-ring (bicyclic) bond motifs is 1. The van der Waals surface area contributed by atoms with Gasteiger partial charge in [0.05, 0.1) is 25.3 Å². The predicted octanol–water partition coefficient (Wildman–Crippen LogP) is 5.36. The van der Waals surface area contributed by atoms with Gasteiger partial charge in [0.15, 0.2) is 10.8 Å². The zero-order valence-electron chi connectivity index (χ0n) is 26.4. The summed E-state index contributed by atoms with van der Waals surface area (Å²) in [7, 11) is 1.31. The Labute approximate surface area is 290 Å². The van der Waals surface area contributed by atoms with Gasteiger partial charge in [0, 0.05) is 66.3 Å². The first kappa shape index (κ1) is 32.7. The van der Waals surface area contributed by atoms with Gasteiger partial charge in [-0.3, -0.25) is 14.8 Å². The lowest BCUT2D eigenvalue weighted by Gasteiger charge is -2.38. The van der Waals surface area contributed by atoms with Crippen molar-refractivity contribution in [3.63, 3.8) is 0 Å². The second-order valence-electron chi connectivity index (χ2n) is 11.8. The van der Waals surface area contributed by atoms with Crippen LogP contribution < -0.4 is 15.0 Å². The number of aliphatic hydroxyl groups is 1. The summed E-state index contributed by atoms with van der Waals surface area (Å²) in [4.78, 5) is 41.9. The van der Waals surface area contributed by atoms with E-state index in [9.17, 15) is 19.1 Å². The van der Waals surface area contributed by atoms with Gasteiger partial charge in [0.2, 0.25) is 0 Å². The van der Waals surface area contributed by atoms with Crippen molar-refractivity contribution in [2.45, 2.75) is 18.7 Å². The molecule has 252 valence electrons. The number of aliphatic hydroxyl groups excluding tert-OH is 1. The molecule has 0 saturated carbocycles. The van der Waals surface area contributed by atoms with Crippen LogP contribution >= 0.6 is 22.9 Å². The number of piperazine rings is 1. The highest BCUT2D eigenvalue weighted by atomic mass is 35.5. The fourth-order valence-electron chi connectivity index (χ4n) is 6.32. The van der Waals surface area contributed by atoms with Gasteiger partial charge in [0.25, 0.3) is 0 Å². The van der Waals surface area contributed by atoms with Crippen LogP contribution in [0.15, 0.2) is 94.6 Å². The van der Waals surface area contributed by atoms with E-state index in [1.165, 1.54) is 36.6 Å². The first-order valence-electron chi connectivity index (χ1n) is 15.6. The minimum atomic E-state index is -0.854. The van der Waals surface area contributed by atoms with Crippen LogP contribution in [0.2, 0.25) is 5.02 Å². The Bertz CT molecular complexity index is 1920. The van der Waals surface area contributed by atoms with Crippen molar-refractivity contribution >= 4 is 46.5 Å². The number of hydrogen-bond acceptors (Lipinski definition) is 10. The summed E-state index contributed by atoms with van der Waals surface area (Å²) in [6.07, 6.45) is 1.67. The lowest BCUT2D eigenvalue weighted by Crippen LogP contribution is -2.53. The summed E-state index contributed by atoms with van der Waals surface area (Å²) in [5.41, 5.74) is 2.88. The molecule has 49 heavy (non-hydrogen) atoms. The number of thiazole rings is 1. The van der Waals surface area contributed by atoms with Crippen molar-refractivity contribution in [2.24, 2.45) is 4.99 Å². The highest BCUT2D eigenvalue weighted by Gasteiger charge is 2.42. The van der Waals surface area contributed by atoms with Gasteiger partial charge < -0.3 is 24.8 Å². The minimum Gasteiger partial charge on any atom is -0.466 e. The van der Waals surface area contributed by atoms with Gasteiger partial charge in [-0.25, -0.2) is 19.0 Å². The predicted molar refractivity (Wildman–Crippen MR) is 184 cm³/mol. The first-order chi connectivity index (χ1) is 23.8. The summed E-state index contributed by atoms with van der Waals surface area (Å²) in [5.74, 6) is 0.674. The number of nitrogens with zero attached hydrogens (tertiary/aromatic N) is 5. The summed E-state index contributed by atoms with van der Waals surface area (Å²) >= 11 is 7.89. The number of halogens is 2. The van der Waals surface area contributed by atoms with E-state index in [1.54, 1.807) is 35.4 Å². The van der Waals surface area contributed by atoms with E-state index < -0.39 is 17.8 Å². The number of amides is 2. The molecule has 0 bridgehead atoms. The molecule has 2 atom stereocenters. The Morgan fingerprint density at radius 1 is 1.08 bits per heavy atom. The maximum absolute atomic E-state index is 14.0. The molecule has 7 rings (SSSR count). The molecule has 11 nitrogen and oxygen atoms in total. The number of carbonyl (C=O) groups is 2. The molecule has 2 amide bonds. The summed E-state index contributed by atoms with van der Waals surface area (Å²) in [6, 6.07) is 17.6. The maximum Gasteiger partial charge on any atom is 0.338 e. The number of methoxy groups -OCH3 is 1.